The van der Waals surface area contributed by atoms with E-state index >= 15 is 0 Å². The molecule has 0 saturated carbocycles. The van der Waals surface area contributed by atoms with Crippen LogP contribution in [0.25, 0.3) is 5.65 Å². The van der Waals surface area contributed by atoms with Crippen LogP contribution in [0.1, 0.15) is 10.5 Å². The van der Waals surface area contributed by atoms with Gasteiger partial charge in [0.25, 0.3) is 5.91 Å². The molecular formula is C8H8N4O. The van der Waals surface area contributed by atoms with E-state index in [1.807, 2.05) is 0 Å². The first kappa shape index (κ1) is 7.72. The molecule has 0 radical (unpaired) electrons. The molecule has 66 valence electrons. The number of carbonyl (C=O) groups is 1. The number of carbonyl (C=O) groups excluding carboxylic acids is 1. The van der Waals surface area contributed by atoms with Crippen molar-refractivity contribution in [1.29, 1.82) is 0 Å². The highest BCUT2D eigenvalue weighted by atomic mass is 16.1. The second-order valence-corrected chi connectivity index (χ2v) is 2.51. The zero-order valence-electron chi connectivity index (χ0n) is 7.06. The molecule has 0 spiro atoms. The molecule has 0 atom stereocenters. The predicted molar refractivity (Wildman–Crippen MR) is 46.4 cm³/mol. The second-order valence-electron chi connectivity index (χ2n) is 2.51. The van der Waals surface area contributed by atoms with Gasteiger partial charge in [-0.1, -0.05) is 0 Å². The summed E-state index contributed by atoms with van der Waals surface area (Å²) >= 11 is 0. The van der Waals surface area contributed by atoms with E-state index in [9.17, 15) is 4.79 Å². The van der Waals surface area contributed by atoms with Gasteiger partial charge in [-0.25, -0.2) is 9.97 Å². The van der Waals surface area contributed by atoms with Crippen molar-refractivity contribution in [3.05, 3.63) is 30.5 Å². The minimum atomic E-state index is -0.225. The molecular weight excluding hydrogens is 168 g/mol. The van der Waals surface area contributed by atoms with Gasteiger partial charge in [0, 0.05) is 31.8 Å². The van der Waals surface area contributed by atoms with Crippen molar-refractivity contribution in [2.45, 2.75) is 0 Å². The number of imidazole rings is 1. The monoisotopic (exact) mass is 176 g/mol. The van der Waals surface area contributed by atoms with Gasteiger partial charge in [0.2, 0.25) is 0 Å². The average Bonchev–Trinajstić information content (AvgIpc) is 2.63. The Morgan fingerprint density at radius 2 is 2.08 bits per heavy atom. The van der Waals surface area contributed by atoms with Crippen LogP contribution in [0.4, 0.5) is 0 Å². The van der Waals surface area contributed by atoms with Gasteiger partial charge in [0.1, 0.15) is 0 Å². The first-order valence-corrected chi connectivity index (χ1v) is 3.82. The molecule has 2 aromatic heterocycles. The number of nitrogens with one attached hydrogen (secondary N) is 1. The van der Waals surface area contributed by atoms with E-state index in [2.05, 4.69) is 15.3 Å². The first-order valence-electron chi connectivity index (χ1n) is 3.82. The van der Waals surface area contributed by atoms with Crippen LogP contribution in [0, 0.1) is 0 Å². The van der Waals surface area contributed by atoms with Crippen LogP contribution >= 0.6 is 0 Å². The third kappa shape index (κ3) is 1.14. The molecule has 0 aliphatic carbocycles. The zero-order valence-corrected chi connectivity index (χ0v) is 7.06. The van der Waals surface area contributed by atoms with Gasteiger partial charge in [-0.15, -0.1) is 0 Å². The Morgan fingerprint density at radius 3 is 2.77 bits per heavy atom. The zero-order chi connectivity index (χ0) is 9.26. The number of hydrogen-bond donors (Lipinski definition) is 1. The topological polar surface area (TPSA) is 59.3 Å². The van der Waals surface area contributed by atoms with Crippen LogP contribution in [0.2, 0.25) is 0 Å². The number of hydrogen-bond acceptors (Lipinski definition) is 3. The van der Waals surface area contributed by atoms with Gasteiger partial charge in [-0.3, -0.25) is 4.79 Å². The van der Waals surface area contributed by atoms with Crippen LogP contribution in [-0.2, 0) is 0 Å². The summed E-state index contributed by atoms with van der Waals surface area (Å²) in [5, 5.41) is 2.51. The molecule has 0 fully saturated rings. The van der Waals surface area contributed by atoms with Crippen LogP contribution in [-0.4, -0.2) is 27.3 Å². The van der Waals surface area contributed by atoms with Crippen LogP contribution in [0.3, 0.4) is 0 Å². The molecule has 1 amide bonds. The number of aromatic nitrogens is 3. The average molecular weight is 176 g/mol. The number of amides is 1. The van der Waals surface area contributed by atoms with E-state index in [-0.39, 0.29) is 5.91 Å². The van der Waals surface area contributed by atoms with Crippen molar-refractivity contribution >= 4 is 11.6 Å². The maximum absolute atomic E-state index is 11.3. The Labute approximate surface area is 74.4 Å². The molecule has 0 saturated heterocycles. The maximum Gasteiger partial charge on any atom is 0.273 e. The van der Waals surface area contributed by atoms with Gasteiger partial charge < -0.3 is 9.72 Å². The summed E-state index contributed by atoms with van der Waals surface area (Å²) in [6.07, 6.45) is 6.71. The molecule has 2 heterocycles. The third-order valence-corrected chi connectivity index (χ3v) is 1.75. The molecule has 0 unspecified atom stereocenters. The maximum atomic E-state index is 11.3. The molecule has 0 aliphatic rings. The first-order chi connectivity index (χ1) is 6.33. The van der Waals surface area contributed by atoms with Crippen molar-refractivity contribution in [3.8, 4) is 0 Å². The lowest BCUT2D eigenvalue weighted by atomic mass is 10.4. The summed E-state index contributed by atoms with van der Waals surface area (Å²) in [5.41, 5.74) is 0.914. The van der Waals surface area contributed by atoms with Gasteiger partial charge in [-0.2, -0.15) is 0 Å². The summed E-state index contributed by atoms with van der Waals surface area (Å²) in [5.74, 6) is -0.225. The van der Waals surface area contributed by atoms with Crippen molar-refractivity contribution in [1.82, 2.24) is 19.7 Å². The summed E-state index contributed by atoms with van der Waals surface area (Å²) in [6.45, 7) is 0. The molecule has 0 aromatic carbocycles. The highest BCUT2D eigenvalue weighted by Crippen LogP contribution is 2.04. The fourth-order valence-corrected chi connectivity index (χ4v) is 1.13. The van der Waals surface area contributed by atoms with Crippen molar-refractivity contribution < 1.29 is 4.79 Å². The second kappa shape index (κ2) is 2.85. The fraction of sp³-hybridized carbons (Fsp3) is 0.125. The van der Waals surface area contributed by atoms with Crippen LogP contribution in [0.5, 0.6) is 0 Å². The van der Waals surface area contributed by atoms with Crippen LogP contribution < -0.4 is 5.32 Å². The Hall–Kier alpha value is -1.91. The Balaban J connectivity index is 2.67. The van der Waals surface area contributed by atoms with E-state index in [1.54, 1.807) is 36.2 Å². The minimum absolute atomic E-state index is 0.225. The van der Waals surface area contributed by atoms with E-state index < -0.39 is 0 Å². The molecule has 2 aromatic rings. The van der Waals surface area contributed by atoms with Crippen molar-refractivity contribution in [2.75, 3.05) is 7.05 Å². The molecule has 1 N–H and O–H groups in total. The van der Waals surface area contributed by atoms with Gasteiger partial charge in [-0.05, 0) is 0 Å². The molecule has 5 nitrogen and oxygen atoms in total. The molecule has 0 bridgehead atoms. The fourth-order valence-electron chi connectivity index (χ4n) is 1.13. The SMILES string of the molecule is CNC(=O)c1nccn2ccnc12. The van der Waals surface area contributed by atoms with Crippen molar-refractivity contribution in [2.24, 2.45) is 0 Å². The van der Waals surface area contributed by atoms with Gasteiger partial charge in [0.05, 0.1) is 0 Å². The lowest BCUT2D eigenvalue weighted by molar-refractivity contribution is 0.0959. The van der Waals surface area contributed by atoms with E-state index in [4.69, 9.17) is 0 Å². The summed E-state index contributed by atoms with van der Waals surface area (Å²) < 4.78 is 1.75. The minimum Gasteiger partial charge on any atom is -0.354 e. The lowest BCUT2D eigenvalue weighted by Crippen LogP contribution is -2.20. The molecule has 2 rings (SSSR count). The summed E-state index contributed by atoms with van der Waals surface area (Å²) in [4.78, 5) is 19.3. The summed E-state index contributed by atoms with van der Waals surface area (Å²) in [6, 6.07) is 0. The Kier molecular flexibility index (Phi) is 1.70. The summed E-state index contributed by atoms with van der Waals surface area (Å²) in [7, 11) is 1.57. The standard InChI is InChI=1S/C8H8N4O/c1-9-8(13)6-7-11-3-5-12(7)4-2-10-6/h2-5H,1H3,(H,9,13). The Bertz CT molecular complexity index is 448. The van der Waals surface area contributed by atoms with Crippen LogP contribution in [0.15, 0.2) is 24.8 Å². The van der Waals surface area contributed by atoms with Gasteiger partial charge >= 0.3 is 0 Å². The van der Waals surface area contributed by atoms with Gasteiger partial charge in [0.15, 0.2) is 11.3 Å². The number of nitrogens with zero attached hydrogens (tertiary/aromatic N) is 3. The van der Waals surface area contributed by atoms with Crippen molar-refractivity contribution in [3.63, 3.8) is 0 Å². The van der Waals surface area contributed by atoms with E-state index in [0.29, 0.717) is 11.3 Å². The quantitative estimate of drug-likeness (QED) is 0.669. The highest BCUT2D eigenvalue weighted by Gasteiger charge is 2.10. The highest BCUT2D eigenvalue weighted by molar-refractivity contribution is 5.97. The Morgan fingerprint density at radius 1 is 1.38 bits per heavy atom. The normalized spacial score (nSPS) is 10.2. The predicted octanol–water partition coefficient (Wildman–Crippen LogP) is 0.0889. The van der Waals surface area contributed by atoms with E-state index in [0.717, 1.165) is 0 Å². The number of fused-ring (bicyclic) bond motifs is 1. The largest absolute Gasteiger partial charge is 0.354 e. The molecule has 0 aliphatic heterocycles. The molecule has 13 heavy (non-hydrogen) atoms. The smallest absolute Gasteiger partial charge is 0.273 e. The lowest BCUT2D eigenvalue weighted by Gasteiger charge is -1.99. The molecule has 5 heteroatoms. The third-order valence-electron chi connectivity index (χ3n) is 1.75. The number of rotatable bonds is 1. The van der Waals surface area contributed by atoms with E-state index in [1.165, 1.54) is 0 Å².